The molecule has 0 spiro atoms. The van der Waals surface area contributed by atoms with Crippen LogP contribution in [0.3, 0.4) is 0 Å². The van der Waals surface area contributed by atoms with E-state index in [2.05, 4.69) is 71.1 Å². The predicted octanol–water partition coefficient (Wildman–Crippen LogP) is 5.33. The van der Waals surface area contributed by atoms with E-state index < -0.39 is 9.04 Å². The first kappa shape index (κ1) is 16.1. The number of rotatable bonds is 2. The molecule has 2 N–H and O–H groups in total. The average Bonchev–Trinajstić information content (AvgIpc) is 2.74. The van der Waals surface area contributed by atoms with Crippen molar-refractivity contribution in [1.82, 2.24) is 0 Å². The summed E-state index contributed by atoms with van der Waals surface area (Å²) in [4.78, 5) is 0. The molecule has 2 aromatic rings. The number of nitrogen functional groups attached to an aromatic ring is 1. The summed E-state index contributed by atoms with van der Waals surface area (Å²) in [6.45, 7) is 13.2. The van der Waals surface area contributed by atoms with Crippen LogP contribution in [0.25, 0.3) is 11.1 Å². The largest absolute Gasteiger partial charge is 0.541 e. The molecule has 0 saturated heterocycles. The molecule has 0 saturated carbocycles. The van der Waals surface area contributed by atoms with E-state index in [-0.39, 0.29) is 5.41 Å². The van der Waals surface area contributed by atoms with Crippen LogP contribution < -0.4 is 10.2 Å². The highest BCUT2D eigenvalue weighted by Crippen LogP contribution is 2.53. The van der Waals surface area contributed by atoms with Gasteiger partial charge in [-0.2, -0.15) is 0 Å². The van der Waals surface area contributed by atoms with Gasteiger partial charge in [-0.3, -0.25) is 0 Å². The van der Waals surface area contributed by atoms with Gasteiger partial charge in [0.25, 0.3) is 9.04 Å². The number of anilines is 1. The van der Waals surface area contributed by atoms with Gasteiger partial charge in [-0.25, -0.2) is 0 Å². The molecule has 3 rings (SSSR count). The van der Waals surface area contributed by atoms with Crippen LogP contribution in [-0.2, 0) is 5.41 Å². The number of fused-ring (bicyclic) bond motifs is 3. The number of hydrogen-bond acceptors (Lipinski definition) is 2. The van der Waals surface area contributed by atoms with Crippen molar-refractivity contribution in [2.24, 2.45) is 0 Å². The maximum Gasteiger partial charge on any atom is 0.274 e. The van der Waals surface area contributed by atoms with Crippen molar-refractivity contribution in [2.45, 2.75) is 52.1 Å². The molecule has 2 aromatic carbocycles. The minimum Gasteiger partial charge on any atom is -0.541 e. The minimum atomic E-state index is -0.881. The zero-order valence-electron chi connectivity index (χ0n) is 14.9. The molecule has 0 aliphatic heterocycles. The first-order valence-corrected chi connectivity index (χ1v) is 10.7. The summed E-state index contributed by atoms with van der Waals surface area (Å²) in [5.74, 6) is 1.25. The van der Waals surface area contributed by atoms with E-state index in [0.717, 1.165) is 11.4 Å². The van der Waals surface area contributed by atoms with Gasteiger partial charge in [-0.15, -0.1) is 0 Å². The number of nitrogens with two attached hydrogens (primary N) is 1. The van der Waals surface area contributed by atoms with Crippen LogP contribution >= 0.6 is 0 Å². The molecule has 2 nitrogen and oxygen atoms in total. The highest BCUT2D eigenvalue weighted by molar-refractivity contribution is 6.49. The third kappa shape index (κ3) is 2.57. The minimum absolute atomic E-state index is 0.00756. The molecule has 0 amide bonds. The molecule has 1 radical (unpaired) electrons. The third-order valence-corrected chi connectivity index (χ3v) is 5.24. The lowest BCUT2D eigenvalue weighted by atomic mass is 9.82. The summed E-state index contributed by atoms with van der Waals surface area (Å²) in [7, 11) is -0.881. The van der Waals surface area contributed by atoms with Crippen LogP contribution in [0.4, 0.5) is 5.69 Å². The molecule has 1 unspecified atom stereocenters. The van der Waals surface area contributed by atoms with E-state index in [4.69, 9.17) is 10.2 Å². The molecule has 3 heteroatoms. The number of hydrogen-bond donors (Lipinski definition) is 1. The van der Waals surface area contributed by atoms with E-state index in [9.17, 15) is 0 Å². The molecule has 0 fully saturated rings. The average molecular weight is 325 g/mol. The zero-order chi connectivity index (χ0) is 16.9. The Morgan fingerprint density at radius 2 is 1.74 bits per heavy atom. The summed E-state index contributed by atoms with van der Waals surface area (Å²) in [5, 5.41) is 0. The molecular weight excluding hydrogens is 298 g/mol. The Balaban J connectivity index is 2.34. The Kier molecular flexibility index (Phi) is 3.79. The Morgan fingerprint density at radius 1 is 1.09 bits per heavy atom. The van der Waals surface area contributed by atoms with Crippen LogP contribution in [0, 0.1) is 0 Å². The highest BCUT2D eigenvalue weighted by Gasteiger charge is 2.33. The van der Waals surface area contributed by atoms with Crippen LogP contribution in [0.1, 0.15) is 50.3 Å². The van der Waals surface area contributed by atoms with Gasteiger partial charge in [0.1, 0.15) is 5.75 Å². The van der Waals surface area contributed by atoms with Gasteiger partial charge in [-0.1, -0.05) is 52.0 Å². The topological polar surface area (TPSA) is 35.2 Å². The second-order valence-corrected chi connectivity index (χ2v) is 9.72. The SMILES string of the molecule is CC1c2ccccc2-c2cc(C(C)(C)C)c(N)c(O[Si](C)C)c21. The predicted molar refractivity (Wildman–Crippen MR) is 101 cm³/mol. The first-order valence-electron chi connectivity index (χ1n) is 8.26. The summed E-state index contributed by atoms with van der Waals surface area (Å²) in [6.07, 6.45) is 0. The maximum absolute atomic E-state index is 6.58. The van der Waals surface area contributed by atoms with Gasteiger partial charge < -0.3 is 10.2 Å². The van der Waals surface area contributed by atoms with Crippen molar-refractivity contribution in [3.63, 3.8) is 0 Å². The lowest BCUT2D eigenvalue weighted by Crippen LogP contribution is -2.19. The van der Waals surface area contributed by atoms with Crippen molar-refractivity contribution < 1.29 is 4.43 Å². The first-order chi connectivity index (χ1) is 10.7. The quantitative estimate of drug-likeness (QED) is 0.598. The lowest BCUT2D eigenvalue weighted by molar-refractivity contribution is 0.558. The fourth-order valence-corrected chi connectivity index (χ4v) is 4.18. The van der Waals surface area contributed by atoms with Gasteiger partial charge in [0.2, 0.25) is 0 Å². The standard InChI is InChI=1S/C20H26NOSi/c1-12-13-9-7-8-10-14(13)15-11-16(20(2,3)4)18(21)19(17(12)15)22-23(5)6/h7-12H,21H2,1-6H3. The van der Waals surface area contributed by atoms with Crippen LogP contribution in [0.15, 0.2) is 30.3 Å². The van der Waals surface area contributed by atoms with Crippen molar-refractivity contribution >= 4 is 14.7 Å². The van der Waals surface area contributed by atoms with E-state index in [1.807, 2.05) is 0 Å². The van der Waals surface area contributed by atoms with Gasteiger partial charge in [0, 0.05) is 11.5 Å². The van der Waals surface area contributed by atoms with Crippen LogP contribution in [0.2, 0.25) is 13.1 Å². The zero-order valence-corrected chi connectivity index (χ0v) is 15.9. The fourth-order valence-electron chi connectivity index (χ4n) is 3.55. The summed E-state index contributed by atoms with van der Waals surface area (Å²) < 4.78 is 6.30. The second kappa shape index (κ2) is 5.41. The molecule has 23 heavy (non-hydrogen) atoms. The van der Waals surface area contributed by atoms with Crippen molar-refractivity contribution in [2.75, 3.05) is 5.73 Å². The molecular formula is C20H26NOSi. The molecule has 121 valence electrons. The second-order valence-electron chi connectivity index (χ2n) is 7.70. The van der Waals surface area contributed by atoms with Crippen LogP contribution in [-0.4, -0.2) is 9.04 Å². The van der Waals surface area contributed by atoms with E-state index in [1.54, 1.807) is 0 Å². The monoisotopic (exact) mass is 324 g/mol. The summed E-state index contributed by atoms with van der Waals surface area (Å²) in [6, 6.07) is 11.0. The molecule has 0 heterocycles. The Labute approximate surface area is 141 Å². The normalized spacial score (nSPS) is 16.4. The van der Waals surface area contributed by atoms with Gasteiger partial charge >= 0.3 is 0 Å². The van der Waals surface area contributed by atoms with E-state index in [0.29, 0.717) is 5.92 Å². The number of benzene rings is 2. The molecule has 1 atom stereocenters. The van der Waals surface area contributed by atoms with Crippen molar-refractivity contribution in [3.05, 3.63) is 47.0 Å². The molecule has 0 aromatic heterocycles. The maximum atomic E-state index is 6.58. The molecule has 1 aliphatic rings. The fraction of sp³-hybridized carbons (Fsp3) is 0.400. The van der Waals surface area contributed by atoms with Gasteiger partial charge in [0.05, 0.1) is 5.69 Å². The van der Waals surface area contributed by atoms with Gasteiger partial charge in [0.15, 0.2) is 0 Å². The smallest absolute Gasteiger partial charge is 0.274 e. The summed E-state index contributed by atoms with van der Waals surface area (Å²) >= 11 is 0. The van der Waals surface area contributed by atoms with Crippen molar-refractivity contribution in [1.29, 1.82) is 0 Å². The highest BCUT2D eigenvalue weighted by atomic mass is 28.3. The van der Waals surface area contributed by atoms with E-state index >= 15 is 0 Å². The van der Waals surface area contributed by atoms with Crippen LogP contribution in [0.5, 0.6) is 5.75 Å². The van der Waals surface area contributed by atoms with E-state index in [1.165, 1.54) is 27.8 Å². The third-order valence-electron chi connectivity index (χ3n) is 4.62. The lowest BCUT2D eigenvalue weighted by Gasteiger charge is -2.27. The summed E-state index contributed by atoms with van der Waals surface area (Å²) in [5.41, 5.74) is 13.8. The Bertz CT molecular complexity index is 759. The van der Waals surface area contributed by atoms with Crippen molar-refractivity contribution in [3.8, 4) is 16.9 Å². The Hall–Kier alpha value is -1.74. The molecule has 1 aliphatic carbocycles. The molecule has 0 bridgehead atoms. The Morgan fingerprint density at radius 3 is 2.35 bits per heavy atom. The van der Waals surface area contributed by atoms with Gasteiger partial charge in [-0.05, 0) is 46.8 Å².